The Kier molecular flexibility index (Phi) is 4.24. The van der Waals surface area contributed by atoms with Crippen LogP contribution in [0.1, 0.15) is 11.1 Å². The maximum Gasteiger partial charge on any atom is 0.0406 e. The summed E-state index contributed by atoms with van der Waals surface area (Å²) in [6.45, 7) is 1.70. The molecule has 1 aromatic carbocycles. The van der Waals surface area contributed by atoms with Gasteiger partial charge in [-0.25, -0.2) is 0 Å². The monoisotopic (exact) mass is 248 g/mol. The van der Waals surface area contributed by atoms with Crippen LogP contribution < -0.4 is 5.73 Å². The molecule has 2 rings (SSSR count). The Bertz CT molecular complexity index is 459. The van der Waals surface area contributed by atoms with Crippen LogP contribution in [0.4, 0.5) is 0 Å². The van der Waals surface area contributed by atoms with Gasteiger partial charge in [0.1, 0.15) is 0 Å². The van der Waals surface area contributed by atoms with Crippen LogP contribution in [0.25, 0.3) is 0 Å². The van der Waals surface area contributed by atoms with Crippen LogP contribution in [-0.4, -0.2) is 11.1 Å². The topological polar surface area (TPSA) is 30.9 Å². The van der Waals surface area contributed by atoms with Crippen LogP contribution in [0.2, 0.25) is 5.02 Å². The van der Waals surface area contributed by atoms with E-state index >= 15 is 0 Å². The standard InChI is InChI=1S/C14H17ClN2/c15-14-3-1-12(2-4-14)6-9-17-10-7-13(11-17)5-8-16/h1-4,7,10-11H,5-6,8-9,16H2. The smallest absolute Gasteiger partial charge is 0.0406 e. The van der Waals surface area contributed by atoms with Gasteiger partial charge in [-0.15, -0.1) is 0 Å². The minimum absolute atomic E-state index is 0.710. The Hall–Kier alpha value is -1.25. The van der Waals surface area contributed by atoms with Crippen molar-refractivity contribution in [3.05, 3.63) is 58.9 Å². The van der Waals surface area contributed by atoms with E-state index in [2.05, 4.69) is 35.2 Å². The first-order valence-corrected chi connectivity index (χ1v) is 6.25. The van der Waals surface area contributed by atoms with Crippen molar-refractivity contribution in [2.45, 2.75) is 19.4 Å². The first-order chi connectivity index (χ1) is 8.28. The number of benzene rings is 1. The van der Waals surface area contributed by atoms with Crippen molar-refractivity contribution >= 4 is 11.6 Å². The molecule has 2 N–H and O–H groups in total. The minimum atomic E-state index is 0.710. The third-order valence-electron chi connectivity index (χ3n) is 2.82. The highest BCUT2D eigenvalue weighted by molar-refractivity contribution is 6.30. The number of nitrogens with two attached hydrogens (primary N) is 1. The Morgan fingerprint density at radius 1 is 1.00 bits per heavy atom. The average Bonchev–Trinajstić information content (AvgIpc) is 2.77. The fourth-order valence-corrected chi connectivity index (χ4v) is 1.98. The summed E-state index contributed by atoms with van der Waals surface area (Å²) in [5, 5.41) is 0.792. The molecular weight excluding hydrogens is 232 g/mol. The van der Waals surface area contributed by atoms with Crippen LogP contribution in [0.15, 0.2) is 42.7 Å². The largest absolute Gasteiger partial charge is 0.354 e. The van der Waals surface area contributed by atoms with Gasteiger partial charge in [0.15, 0.2) is 0 Å². The number of hydrogen-bond donors (Lipinski definition) is 1. The van der Waals surface area contributed by atoms with E-state index in [4.69, 9.17) is 17.3 Å². The second kappa shape index (κ2) is 5.89. The van der Waals surface area contributed by atoms with Crippen molar-refractivity contribution in [3.63, 3.8) is 0 Å². The molecule has 0 unspecified atom stereocenters. The molecule has 2 aromatic rings. The third-order valence-corrected chi connectivity index (χ3v) is 3.07. The second-order valence-electron chi connectivity index (χ2n) is 4.17. The molecule has 0 saturated heterocycles. The highest BCUT2D eigenvalue weighted by atomic mass is 35.5. The molecule has 0 aliphatic heterocycles. The molecule has 0 bridgehead atoms. The average molecular weight is 249 g/mol. The van der Waals surface area contributed by atoms with Gasteiger partial charge in [-0.3, -0.25) is 0 Å². The fourth-order valence-electron chi connectivity index (χ4n) is 1.85. The van der Waals surface area contributed by atoms with Crippen molar-refractivity contribution in [1.29, 1.82) is 0 Å². The van der Waals surface area contributed by atoms with E-state index in [-0.39, 0.29) is 0 Å². The van der Waals surface area contributed by atoms with E-state index in [1.807, 2.05) is 12.1 Å². The predicted octanol–water partition coefficient (Wildman–Crippen LogP) is 2.89. The van der Waals surface area contributed by atoms with Crippen LogP contribution >= 0.6 is 11.6 Å². The first kappa shape index (κ1) is 12.2. The fraction of sp³-hybridized carbons (Fsp3) is 0.286. The summed E-state index contributed by atoms with van der Waals surface area (Å²) >= 11 is 5.85. The molecule has 2 nitrogen and oxygen atoms in total. The molecule has 0 spiro atoms. The summed E-state index contributed by atoms with van der Waals surface area (Å²) in [6.07, 6.45) is 6.26. The lowest BCUT2D eigenvalue weighted by atomic mass is 10.1. The highest BCUT2D eigenvalue weighted by Crippen LogP contribution is 2.11. The maximum atomic E-state index is 5.85. The number of rotatable bonds is 5. The Morgan fingerprint density at radius 2 is 1.76 bits per heavy atom. The number of halogens is 1. The summed E-state index contributed by atoms with van der Waals surface area (Å²) < 4.78 is 2.21. The van der Waals surface area contributed by atoms with Crippen LogP contribution in [-0.2, 0) is 19.4 Å². The molecular formula is C14H17ClN2. The maximum absolute atomic E-state index is 5.85. The second-order valence-corrected chi connectivity index (χ2v) is 4.61. The van der Waals surface area contributed by atoms with Gasteiger partial charge in [0.25, 0.3) is 0 Å². The van der Waals surface area contributed by atoms with E-state index < -0.39 is 0 Å². The molecule has 0 atom stereocenters. The van der Waals surface area contributed by atoms with Crippen LogP contribution in [0.3, 0.4) is 0 Å². The minimum Gasteiger partial charge on any atom is -0.354 e. The van der Waals surface area contributed by atoms with Gasteiger partial charge in [0.2, 0.25) is 0 Å². The van der Waals surface area contributed by atoms with Crippen molar-refractivity contribution in [3.8, 4) is 0 Å². The zero-order chi connectivity index (χ0) is 12.1. The summed E-state index contributed by atoms with van der Waals surface area (Å²) in [4.78, 5) is 0. The number of aromatic nitrogens is 1. The van der Waals surface area contributed by atoms with Crippen molar-refractivity contribution in [2.24, 2.45) is 5.73 Å². The quantitative estimate of drug-likeness (QED) is 0.867. The Balaban J connectivity index is 1.90. The lowest BCUT2D eigenvalue weighted by molar-refractivity contribution is 0.698. The van der Waals surface area contributed by atoms with Crippen LogP contribution in [0, 0.1) is 0 Å². The normalized spacial score (nSPS) is 10.7. The van der Waals surface area contributed by atoms with Gasteiger partial charge in [0.05, 0.1) is 0 Å². The highest BCUT2D eigenvalue weighted by Gasteiger charge is 1.97. The summed E-state index contributed by atoms with van der Waals surface area (Å²) in [7, 11) is 0. The molecule has 1 heterocycles. The van der Waals surface area contributed by atoms with E-state index in [0.717, 1.165) is 24.4 Å². The predicted molar refractivity (Wildman–Crippen MR) is 72.3 cm³/mol. The molecule has 17 heavy (non-hydrogen) atoms. The molecule has 0 amide bonds. The zero-order valence-corrected chi connectivity index (χ0v) is 10.5. The first-order valence-electron chi connectivity index (χ1n) is 5.87. The van der Waals surface area contributed by atoms with Crippen molar-refractivity contribution < 1.29 is 0 Å². The molecule has 90 valence electrons. The molecule has 0 saturated carbocycles. The Labute approximate surface area is 107 Å². The van der Waals surface area contributed by atoms with E-state index in [0.29, 0.717) is 6.54 Å². The van der Waals surface area contributed by atoms with E-state index in [9.17, 15) is 0 Å². The van der Waals surface area contributed by atoms with Crippen molar-refractivity contribution in [2.75, 3.05) is 6.54 Å². The molecule has 0 fully saturated rings. The number of nitrogens with zero attached hydrogens (tertiary/aromatic N) is 1. The molecule has 1 aromatic heterocycles. The van der Waals surface area contributed by atoms with Crippen molar-refractivity contribution in [1.82, 2.24) is 4.57 Å². The summed E-state index contributed by atoms with van der Waals surface area (Å²) in [6, 6.07) is 10.2. The van der Waals surface area contributed by atoms with E-state index in [1.165, 1.54) is 11.1 Å². The summed E-state index contributed by atoms with van der Waals surface area (Å²) in [5.41, 5.74) is 8.14. The van der Waals surface area contributed by atoms with E-state index in [1.54, 1.807) is 0 Å². The zero-order valence-electron chi connectivity index (χ0n) is 9.77. The Morgan fingerprint density at radius 3 is 2.47 bits per heavy atom. The SMILES string of the molecule is NCCc1ccn(CCc2ccc(Cl)cc2)c1. The molecule has 0 radical (unpaired) electrons. The molecule has 3 heteroatoms. The lowest BCUT2D eigenvalue weighted by Crippen LogP contribution is -2.02. The van der Waals surface area contributed by atoms with Gasteiger partial charge in [-0.05, 0) is 48.7 Å². The lowest BCUT2D eigenvalue weighted by Gasteiger charge is -2.03. The van der Waals surface area contributed by atoms with Gasteiger partial charge in [-0.1, -0.05) is 23.7 Å². The van der Waals surface area contributed by atoms with Gasteiger partial charge in [0, 0.05) is 24.0 Å². The van der Waals surface area contributed by atoms with Crippen LogP contribution in [0.5, 0.6) is 0 Å². The third kappa shape index (κ3) is 3.62. The number of aryl methyl sites for hydroxylation is 2. The van der Waals surface area contributed by atoms with Gasteiger partial charge < -0.3 is 10.3 Å². The van der Waals surface area contributed by atoms with Gasteiger partial charge >= 0.3 is 0 Å². The molecule has 0 aliphatic carbocycles. The molecule has 0 aliphatic rings. The number of hydrogen-bond acceptors (Lipinski definition) is 1. The summed E-state index contributed by atoms with van der Waals surface area (Å²) in [5.74, 6) is 0. The van der Waals surface area contributed by atoms with Gasteiger partial charge in [-0.2, -0.15) is 0 Å².